The molecule has 0 radical (unpaired) electrons. The van der Waals surface area contributed by atoms with Crippen molar-refractivity contribution in [3.05, 3.63) is 30.5 Å². The summed E-state index contributed by atoms with van der Waals surface area (Å²) in [6, 6.07) is 7.71. The number of carbonyl (C=O) groups excluding carboxylic acids is 1. The molecule has 0 unspecified atom stereocenters. The summed E-state index contributed by atoms with van der Waals surface area (Å²) in [5.74, 6) is 0.130. The number of fused-ring (bicyclic) bond motifs is 1. The Labute approximate surface area is 82.1 Å². The normalized spacial score (nSPS) is 10.6. The number of nitrogens with two attached hydrogens (primary N) is 1. The molecule has 72 valence electrons. The number of hydrogen-bond donors (Lipinski definition) is 1. The highest BCUT2D eigenvalue weighted by Crippen LogP contribution is 2.21. The van der Waals surface area contributed by atoms with E-state index in [4.69, 9.17) is 5.73 Å². The molecule has 0 fully saturated rings. The Morgan fingerprint density at radius 2 is 2.21 bits per heavy atom. The Balaban J connectivity index is 2.61. The molecule has 1 aromatic heterocycles. The predicted molar refractivity (Wildman–Crippen MR) is 57.0 cm³/mol. The van der Waals surface area contributed by atoms with Gasteiger partial charge in [-0.25, -0.2) is 0 Å². The SMILES string of the molecule is CC(=O)Cn1ccc2cccc(N)c21. The Hall–Kier alpha value is -1.77. The molecule has 0 spiro atoms. The number of benzene rings is 1. The summed E-state index contributed by atoms with van der Waals surface area (Å²) in [7, 11) is 0. The van der Waals surface area contributed by atoms with Gasteiger partial charge in [-0.15, -0.1) is 0 Å². The van der Waals surface area contributed by atoms with Crippen LogP contribution in [0, 0.1) is 0 Å². The molecule has 0 bridgehead atoms. The van der Waals surface area contributed by atoms with E-state index in [-0.39, 0.29) is 5.78 Å². The molecule has 0 amide bonds. The number of nitrogen functional groups attached to an aromatic ring is 1. The lowest BCUT2D eigenvalue weighted by Crippen LogP contribution is -2.05. The third kappa shape index (κ3) is 1.37. The highest BCUT2D eigenvalue weighted by Gasteiger charge is 2.04. The van der Waals surface area contributed by atoms with Crippen LogP contribution in [0.4, 0.5) is 5.69 Å². The average Bonchev–Trinajstić information content (AvgIpc) is 2.49. The van der Waals surface area contributed by atoms with Crippen molar-refractivity contribution < 1.29 is 4.79 Å². The van der Waals surface area contributed by atoms with Crippen LogP contribution in [0.5, 0.6) is 0 Å². The Morgan fingerprint density at radius 1 is 1.43 bits per heavy atom. The largest absolute Gasteiger partial charge is 0.397 e. The first-order valence-corrected chi connectivity index (χ1v) is 4.51. The Bertz CT molecular complexity index is 485. The van der Waals surface area contributed by atoms with E-state index in [0.29, 0.717) is 12.2 Å². The van der Waals surface area contributed by atoms with Crippen molar-refractivity contribution >= 4 is 22.4 Å². The second-order valence-corrected chi connectivity index (χ2v) is 3.43. The Morgan fingerprint density at radius 3 is 2.93 bits per heavy atom. The van der Waals surface area contributed by atoms with Gasteiger partial charge in [-0.1, -0.05) is 12.1 Å². The summed E-state index contributed by atoms with van der Waals surface area (Å²) < 4.78 is 1.88. The molecule has 14 heavy (non-hydrogen) atoms. The first-order valence-electron chi connectivity index (χ1n) is 4.51. The topological polar surface area (TPSA) is 48.0 Å². The standard InChI is InChI=1S/C11H12N2O/c1-8(14)7-13-6-5-9-3-2-4-10(12)11(9)13/h2-6H,7,12H2,1H3. The van der Waals surface area contributed by atoms with Crippen LogP contribution in [-0.2, 0) is 11.3 Å². The number of aromatic nitrogens is 1. The van der Waals surface area contributed by atoms with Gasteiger partial charge in [-0.2, -0.15) is 0 Å². The quantitative estimate of drug-likeness (QED) is 0.731. The maximum Gasteiger partial charge on any atom is 0.149 e. The van der Waals surface area contributed by atoms with Gasteiger partial charge in [0.2, 0.25) is 0 Å². The number of nitrogens with zero attached hydrogens (tertiary/aromatic N) is 1. The molecule has 0 aliphatic carbocycles. The number of anilines is 1. The van der Waals surface area contributed by atoms with Crippen LogP contribution < -0.4 is 5.73 Å². The molecule has 2 aromatic rings. The van der Waals surface area contributed by atoms with E-state index < -0.39 is 0 Å². The van der Waals surface area contributed by atoms with E-state index >= 15 is 0 Å². The zero-order chi connectivity index (χ0) is 10.1. The summed E-state index contributed by atoms with van der Waals surface area (Å²) in [6.45, 7) is 1.96. The number of para-hydroxylation sites is 1. The number of carbonyl (C=O) groups is 1. The molecule has 2 rings (SSSR count). The first kappa shape index (κ1) is 8.81. The summed E-state index contributed by atoms with van der Waals surface area (Å²) in [5, 5.41) is 1.08. The summed E-state index contributed by atoms with van der Waals surface area (Å²) in [6.07, 6.45) is 1.89. The summed E-state index contributed by atoms with van der Waals surface area (Å²) in [4.78, 5) is 11.0. The van der Waals surface area contributed by atoms with Crippen molar-refractivity contribution in [3.63, 3.8) is 0 Å². The monoisotopic (exact) mass is 188 g/mol. The molecule has 3 nitrogen and oxygen atoms in total. The van der Waals surface area contributed by atoms with Gasteiger partial charge >= 0.3 is 0 Å². The molecule has 2 N–H and O–H groups in total. The maximum absolute atomic E-state index is 11.0. The van der Waals surface area contributed by atoms with Crippen LogP contribution in [-0.4, -0.2) is 10.4 Å². The van der Waals surface area contributed by atoms with Crippen LogP contribution in [0.3, 0.4) is 0 Å². The van der Waals surface area contributed by atoms with Gasteiger partial charge in [-0.3, -0.25) is 4.79 Å². The number of ketones is 1. The van der Waals surface area contributed by atoms with E-state index in [1.54, 1.807) is 6.92 Å². The van der Waals surface area contributed by atoms with Gasteiger partial charge in [-0.05, 0) is 19.1 Å². The molecule has 1 heterocycles. The molecule has 0 saturated carbocycles. The van der Waals surface area contributed by atoms with E-state index in [1.807, 2.05) is 35.0 Å². The minimum atomic E-state index is 0.130. The van der Waals surface area contributed by atoms with Crippen molar-refractivity contribution in [1.29, 1.82) is 0 Å². The zero-order valence-corrected chi connectivity index (χ0v) is 8.03. The summed E-state index contributed by atoms with van der Waals surface area (Å²) >= 11 is 0. The third-order valence-electron chi connectivity index (χ3n) is 2.21. The highest BCUT2D eigenvalue weighted by atomic mass is 16.1. The van der Waals surface area contributed by atoms with Crippen molar-refractivity contribution in [2.24, 2.45) is 0 Å². The molecule has 1 aromatic carbocycles. The van der Waals surface area contributed by atoms with Gasteiger partial charge in [0.25, 0.3) is 0 Å². The predicted octanol–water partition coefficient (Wildman–Crippen LogP) is 1.81. The molecular weight excluding hydrogens is 176 g/mol. The van der Waals surface area contributed by atoms with Gasteiger partial charge in [0, 0.05) is 11.6 Å². The van der Waals surface area contributed by atoms with Crippen LogP contribution in [0.1, 0.15) is 6.92 Å². The summed E-state index contributed by atoms with van der Waals surface area (Å²) in [5.41, 5.74) is 7.51. The van der Waals surface area contributed by atoms with Crippen LogP contribution >= 0.6 is 0 Å². The first-order chi connectivity index (χ1) is 6.68. The Kier molecular flexibility index (Phi) is 2.00. The third-order valence-corrected chi connectivity index (χ3v) is 2.21. The van der Waals surface area contributed by atoms with E-state index in [1.165, 1.54) is 0 Å². The smallest absolute Gasteiger partial charge is 0.149 e. The fourth-order valence-electron chi connectivity index (χ4n) is 1.66. The minimum absolute atomic E-state index is 0.130. The van der Waals surface area contributed by atoms with Crippen molar-refractivity contribution in [3.8, 4) is 0 Å². The van der Waals surface area contributed by atoms with Gasteiger partial charge in [0.1, 0.15) is 5.78 Å². The lowest BCUT2D eigenvalue weighted by Gasteiger charge is -2.04. The van der Waals surface area contributed by atoms with E-state index in [2.05, 4.69) is 0 Å². The lowest BCUT2D eigenvalue weighted by atomic mass is 10.2. The molecule has 0 atom stereocenters. The zero-order valence-electron chi connectivity index (χ0n) is 8.03. The molecule has 0 saturated heterocycles. The molecular formula is C11H12N2O. The fourth-order valence-corrected chi connectivity index (χ4v) is 1.66. The van der Waals surface area contributed by atoms with Gasteiger partial charge < -0.3 is 10.3 Å². The van der Waals surface area contributed by atoms with Crippen LogP contribution in [0.2, 0.25) is 0 Å². The van der Waals surface area contributed by atoms with Crippen molar-refractivity contribution in [1.82, 2.24) is 4.57 Å². The van der Waals surface area contributed by atoms with Crippen LogP contribution in [0.25, 0.3) is 10.9 Å². The second-order valence-electron chi connectivity index (χ2n) is 3.43. The van der Waals surface area contributed by atoms with Gasteiger partial charge in [0.05, 0.1) is 17.7 Å². The van der Waals surface area contributed by atoms with Crippen molar-refractivity contribution in [2.45, 2.75) is 13.5 Å². The lowest BCUT2D eigenvalue weighted by molar-refractivity contribution is -0.117. The van der Waals surface area contributed by atoms with E-state index in [9.17, 15) is 4.79 Å². The fraction of sp³-hybridized carbons (Fsp3) is 0.182. The number of rotatable bonds is 2. The highest BCUT2D eigenvalue weighted by molar-refractivity contribution is 5.91. The van der Waals surface area contributed by atoms with E-state index in [0.717, 1.165) is 10.9 Å². The molecule has 3 heteroatoms. The minimum Gasteiger partial charge on any atom is -0.397 e. The number of hydrogen-bond acceptors (Lipinski definition) is 2. The number of Topliss-reactive ketones (excluding diaryl/α,β-unsaturated/α-hetero) is 1. The maximum atomic E-state index is 11.0. The molecule has 0 aliphatic rings. The average molecular weight is 188 g/mol. The van der Waals surface area contributed by atoms with Crippen LogP contribution in [0.15, 0.2) is 30.5 Å². The van der Waals surface area contributed by atoms with Gasteiger partial charge in [0.15, 0.2) is 0 Å². The molecule has 0 aliphatic heterocycles. The van der Waals surface area contributed by atoms with Crippen molar-refractivity contribution in [2.75, 3.05) is 5.73 Å². The second kappa shape index (κ2) is 3.18.